The first kappa shape index (κ1) is 36.6. The highest BCUT2D eigenvalue weighted by Gasteiger charge is 2.51. The predicted molar refractivity (Wildman–Crippen MR) is 259 cm³/mol. The van der Waals surface area contributed by atoms with Gasteiger partial charge in [0.15, 0.2) is 11.6 Å². The Morgan fingerprint density at radius 2 is 0.750 bits per heavy atom. The van der Waals surface area contributed by atoms with Crippen LogP contribution in [0.1, 0.15) is 47.2 Å². The van der Waals surface area contributed by atoms with Crippen LogP contribution in [0.2, 0.25) is 0 Å². The molecule has 1 atom stereocenters. The van der Waals surface area contributed by atoms with Crippen molar-refractivity contribution < 1.29 is 0 Å². The minimum absolute atomic E-state index is 0.136. The van der Waals surface area contributed by atoms with Crippen LogP contribution in [0.3, 0.4) is 0 Å². The van der Waals surface area contributed by atoms with Gasteiger partial charge in [0, 0.05) is 34.5 Å². The summed E-state index contributed by atoms with van der Waals surface area (Å²) in [5.74, 6) is 1.24. The number of hydrogen-bond donors (Lipinski definition) is 0. The smallest absolute Gasteiger partial charge is 0.163 e. The van der Waals surface area contributed by atoms with Crippen LogP contribution in [-0.4, -0.2) is 19.9 Å². The number of benzene rings is 8. The second-order valence-electron chi connectivity index (χ2n) is 17.8. The van der Waals surface area contributed by atoms with Crippen LogP contribution >= 0.6 is 0 Å². The molecular weight excluding hydrogens is 777 g/mol. The van der Waals surface area contributed by atoms with E-state index in [9.17, 15) is 0 Å². The van der Waals surface area contributed by atoms with E-state index in [1.165, 1.54) is 77.9 Å². The monoisotopic (exact) mass is 816 g/mol. The summed E-state index contributed by atoms with van der Waals surface area (Å²) in [7, 11) is 0. The maximum atomic E-state index is 5.36. The van der Waals surface area contributed by atoms with Crippen molar-refractivity contribution in [2.45, 2.75) is 24.7 Å². The number of rotatable bonds is 4. The molecule has 2 heterocycles. The SMILES string of the molecule is CC1(C)c2ccccc2-c2cc3c(cc21)-c1ccccc1C31c2ccccc2-c2ccccc2-c2ccc(-c3cc(-c4ccccc4)nc(-c4cnc(-c5ccccc5)nc4)n3)cc21. The Kier molecular flexibility index (Phi) is 7.83. The van der Waals surface area contributed by atoms with Crippen LogP contribution in [0, 0.1) is 0 Å². The van der Waals surface area contributed by atoms with Gasteiger partial charge in [-0.1, -0.05) is 184 Å². The van der Waals surface area contributed by atoms with Gasteiger partial charge < -0.3 is 0 Å². The Balaban J connectivity index is 1.10. The van der Waals surface area contributed by atoms with Gasteiger partial charge >= 0.3 is 0 Å². The van der Waals surface area contributed by atoms with Crippen LogP contribution in [0.4, 0.5) is 0 Å². The highest BCUT2D eigenvalue weighted by Crippen LogP contribution is 2.64. The first-order valence-corrected chi connectivity index (χ1v) is 22.0. The maximum Gasteiger partial charge on any atom is 0.163 e. The molecule has 0 saturated heterocycles. The average Bonchev–Trinajstić information content (AvgIpc) is 3.73. The second-order valence-corrected chi connectivity index (χ2v) is 17.8. The molecule has 1 spiro atoms. The zero-order valence-corrected chi connectivity index (χ0v) is 35.4. The number of aromatic nitrogens is 4. The van der Waals surface area contributed by atoms with E-state index in [0.717, 1.165) is 33.6 Å². The molecule has 0 aliphatic heterocycles. The molecular formula is C60H40N4. The van der Waals surface area contributed by atoms with Crippen molar-refractivity contribution in [2.24, 2.45) is 0 Å². The van der Waals surface area contributed by atoms with E-state index in [0.29, 0.717) is 11.6 Å². The Morgan fingerprint density at radius 3 is 1.39 bits per heavy atom. The molecule has 13 rings (SSSR count). The fraction of sp³-hybridized carbons (Fsp3) is 0.0667. The van der Waals surface area contributed by atoms with Gasteiger partial charge in [-0.15, -0.1) is 0 Å². The molecule has 0 N–H and O–H groups in total. The van der Waals surface area contributed by atoms with Gasteiger partial charge in [-0.05, 0) is 102 Å². The predicted octanol–water partition coefficient (Wildman–Crippen LogP) is 14.3. The van der Waals surface area contributed by atoms with Crippen molar-refractivity contribution in [2.75, 3.05) is 0 Å². The lowest BCUT2D eigenvalue weighted by molar-refractivity contribution is 0.660. The molecule has 3 aliphatic carbocycles. The molecule has 3 aliphatic rings. The van der Waals surface area contributed by atoms with Crippen LogP contribution in [0.25, 0.3) is 89.8 Å². The first-order valence-electron chi connectivity index (χ1n) is 22.0. The highest BCUT2D eigenvalue weighted by molar-refractivity contribution is 5.99. The highest BCUT2D eigenvalue weighted by atomic mass is 14.9. The molecule has 0 radical (unpaired) electrons. The Labute approximate surface area is 372 Å². The topological polar surface area (TPSA) is 51.6 Å². The minimum Gasteiger partial charge on any atom is -0.236 e. The zero-order chi connectivity index (χ0) is 42.6. The van der Waals surface area contributed by atoms with Crippen molar-refractivity contribution in [3.63, 3.8) is 0 Å². The lowest BCUT2D eigenvalue weighted by Crippen LogP contribution is -2.29. The van der Waals surface area contributed by atoms with Crippen molar-refractivity contribution >= 4 is 0 Å². The summed E-state index contributed by atoms with van der Waals surface area (Å²) in [5.41, 5.74) is 22.6. The lowest BCUT2D eigenvalue weighted by atomic mass is 9.65. The quantitative estimate of drug-likeness (QED) is 0.178. The normalized spacial score (nSPS) is 15.5. The molecule has 2 aromatic heterocycles. The van der Waals surface area contributed by atoms with E-state index >= 15 is 0 Å². The molecule has 0 amide bonds. The van der Waals surface area contributed by atoms with E-state index in [-0.39, 0.29) is 5.41 Å². The van der Waals surface area contributed by atoms with Crippen molar-refractivity contribution in [1.29, 1.82) is 0 Å². The van der Waals surface area contributed by atoms with Gasteiger partial charge in [-0.3, -0.25) is 0 Å². The third kappa shape index (κ3) is 5.17. The molecule has 0 bridgehead atoms. The molecule has 4 heteroatoms. The average molecular weight is 817 g/mol. The Hall–Kier alpha value is -8.08. The molecule has 0 fully saturated rings. The van der Waals surface area contributed by atoms with Crippen molar-refractivity contribution in [3.05, 3.63) is 240 Å². The molecule has 0 saturated carbocycles. The molecule has 64 heavy (non-hydrogen) atoms. The molecule has 10 aromatic rings. The second kappa shape index (κ2) is 13.7. The molecule has 1 unspecified atom stereocenters. The summed E-state index contributed by atoms with van der Waals surface area (Å²) in [5, 5.41) is 0. The van der Waals surface area contributed by atoms with Gasteiger partial charge in [0.25, 0.3) is 0 Å². The zero-order valence-electron chi connectivity index (χ0n) is 35.4. The van der Waals surface area contributed by atoms with Gasteiger partial charge in [-0.25, -0.2) is 19.9 Å². The summed E-state index contributed by atoms with van der Waals surface area (Å²) in [6.45, 7) is 4.76. The van der Waals surface area contributed by atoms with Gasteiger partial charge in [0.1, 0.15) is 0 Å². The standard InChI is InChI=1S/C60H40N4/c1-59(2)49-26-14-11-24-44(49)47-33-54-48(32-52(47)59)45-25-13-16-28-51(45)60(54)50-27-15-12-23-43(50)41-21-9-10-22-42(41)46-30-29-39(31-53(46)60)56-34-55(37-17-5-3-6-18-37)63-58(64-56)40-35-61-57(62-36-40)38-19-7-4-8-20-38/h3-36H,1-2H3. The van der Waals surface area contributed by atoms with E-state index < -0.39 is 5.41 Å². The number of fused-ring (bicyclic) bond motifs is 15. The van der Waals surface area contributed by atoms with Crippen LogP contribution in [0.15, 0.2) is 207 Å². The first-order chi connectivity index (χ1) is 31.5. The Bertz CT molecular complexity index is 3520. The van der Waals surface area contributed by atoms with E-state index in [1.54, 1.807) is 0 Å². The van der Waals surface area contributed by atoms with Crippen LogP contribution in [-0.2, 0) is 10.8 Å². The summed E-state index contributed by atoms with van der Waals surface area (Å²) in [6, 6.07) is 70.8. The maximum absolute atomic E-state index is 5.36. The van der Waals surface area contributed by atoms with Gasteiger partial charge in [-0.2, -0.15) is 0 Å². The van der Waals surface area contributed by atoms with E-state index in [1.807, 2.05) is 48.8 Å². The summed E-state index contributed by atoms with van der Waals surface area (Å²) < 4.78 is 0. The minimum atomic E-state index is -0.664. The van der Waals surface area contributed by atoms with Gasteiger partial charge in [0.05, 0.1) is 22.4 Å². The fourth-order valence-electron chi connectivity index (χ4n) is 11.1. The molecule has 300 valence electrons. The fourth-order valence-corrected chi connectivity index (χ4v) is 11.1. The van der Waals surface area contributed by atoms with Gasteiger partial charge in [0.2, 0.25) is 0 Å². The summed E-state index contributed by atoms with van der Waals surface area (Å²) in [4.78, 5) is 20.1. The van der Waals surface area contributed by atoms with Crippen LogP contribution < -0.4 is 0 Å². The van der Waals surface area contributed by atoms with Crippen LogP contribution in [0.5, 0.6) is 0 Å². The number of hydrogen-bond acceptors (Lipinski definition) is 4. The summed E-state index contributed by atoms with van der Waals surface area (Å²) >= 11 is 0. The van der Waals surface area contributed by atoms with E-state index in [2.05, 4.69) is 172 Å². The van der Waals surface area contributed by atoms with Crippen molar-refractivity contribution in [3.8, 4) is 89.8 Å². The Morgan fingerprint density at radius 1 is 0.297 bits per heavy atom. The lowest BCUT2D eigenvalue weighted by Gasteiger charge is -2.36. The largest absolute Gasteiger partial charge is 0.236 e. The third-order valence-electron chi connectivity index (χ3n) is 14.0. The third-order valence-corrected chi connectivity index (χ3v) is 14.0. The number of nitrogens with zero attached hydrogens (tertiary/aromatic N) is 4. The van der Waals surface area contributed by atoms with Crippen molar-refractivity contribution in [1.82, 2.24) is 19.9 Å². The summed E-state index contributed by atoms with van der Waals surface area (Å²) in [6.07, 6.45) is 3.68. The molecule has 8 aromatic carbocycles. The van der Waals surface area contributed by atoms with E-state index in [4.69, 9.17) is 19.9 Å². The molecule has 4 nitrogen and oxygen atoms in total.